The normalized spacial score (nSPS) is 17.3. The van der Waals surface area contributed by atoms with Gasteiger partial charge in [-0.1, -0.05) is 41.9 Å². The van der Waals surface area contributed by atoms with Gasteiger partial charge in [0.15, 0.2) is 0 Å². The van der Waals surface area contributed by atoms with Crippen LogP contribution in [0.2, 0.25) is 5.02 Å². The fourth-order valence-electron chi connectivity index (χ4n) is 3.16. The van der Waals surface area contributed by atoms with E-state index in [1.807, 2.05) is 42.6 Å². The molecule has 1 aliphatic heterocycles. The lowest BCUT2D eigenvalue weighted by molar-refractivity contribution is -0.127. The zero-order valence-corrected chi connectivity index (χ0v) is 14.1. The van der Waals surface area contributed by atoms with Crippen molar-refractivity contribution in [3.63, 3.8) is 0 Å². The van der Waals surface area contributed by atoms with Crippen molar-refractivity contribution in [1.82, 2.24) is 15.2 Å². The van der Waals surface area contributed by atoms with E-state index in [0.29, 0.717) is 11.4 Å². The number of urea groups is 1. The molecule has 126 valence electrons. The summed E-state index contributed by atoms with van der Waals surface area (Å²) in [5.74, 6) is -0.203. The number of H-pyrrole nitrogens is 1. The van der Waals surface area contributed by atoms with E-state index in [1.165, 1.54) is 4.90 Å². The van der Waals surface area contributed by atoms with E-state index in [2.05, 4.69) is 10.3 Å². The van der Waals surface area contributed by atoms with Crippen molar-refractivity contribution in [3.8, 4) is 0 Å². The molecular formula is C19H16ClN3O2. The number of benzene rings is 2. The molecule has 1 aromatic heterocycles. The lowest BCUT2D eigenvalue weighted by atomic mass is 10.0. The largest absolute Gasteiger partial charge is 0.361 e. The summed E-state index contributed by atoms with van der Waals surface area (Å²) in [5.41, 5.74) is 2.90. The second-order valence-corrected chi connectivity index (χ2v) is 6.55. The number of amides is 3. The number of carbonyl (C=O) groups is 2. The highest BCUT2D eigenvalue weighted by molar-refractivity contribution is 6.30. The fourth-order valence-corrected chi connectivity index (χ4v) is 3.28. The number of halogens is 1. The van der Waals surface area contributed by atoms with Crippen LogP contribution in [0.1, 0.15) is 11.1 Å². The minimum Gasteiger partial charge on any atom is -0.361 e. The maximum absolute atomic E-state index is 12.7. The van der Waals surface area contributed by atoms with Crippen molar-refractivity contribution in [3.05, 3.63) is 70.9 Å². The molecule has 0 bridgehead atoms. The lowest BCUT2D eigenvalue weighted by Gasteiger charge is -2.13. The molecule has 1 aliphatic rings. The van der Waals surface area contributed by atoms with Crippen molar-refractivity contribution >= 4 is 34.4 Å². The molecule has 3 aromatic rings. The van der Waals surface area contributed by atoms with Crippen LogP contribution in [-0.2, 0) is 17.8 Å². The quantitative estimate of drug-likeness (QED) is 0.705. The van der Waals surface area contributed by atoms with Gasteiger partial charge >= 0.3 is 6.03 Å². The van der Waals surface area contributed by atoms with E-state index >= 15 is 0 Å². The van der Waals surface area contributed by atoms with Crippen LogP contribution in [0.3, 0.4) is 0 Å². The third-order valence-electron chi connectivity index (χ3n) is 4.46. The van der Waals surface area contributed by atoms with Gasteiger partial charge in [-0.25, -0.2) is 4.79 Å². The monoisotopic (exact) mass is 353 g/mol. The molecule has 1 fully saturated rings. The number of para-hydroxylation sites is 1. The van der Waals surface area contributed by atoms with Crippen LogP contribution in [0.15, 0.2) is 54.7 Å². The van der Waals surface area contributed by atoms with Crippen LogP contribution in [0.4, 0.5) is 4.79 Å². The van der Waals surface area contributed by atoms with Crippen molar-refractivity contribution in [2.75, 3.05) is 0 Å². The number of aromatic nitrogens is 1. The Balaban J connectivity index is 1.51. The van der Waals surface area contributed by atoms with E-state index in [0.717, 1.165) is 22.0 Å². The van der Waals surface area contributed by atoms with E-state index < -0.39 is 6.04 Å². The first-order valence-corrected chi connectivity index (χ1v) is 8.41. The standard InChI is InChI=1S/C19H16ClN3O2/c20-14-7-5-12(6-8-14)11-23-18(24)17(22-19(23)25)9-13-10-21-16-4-2-1-3-15(13)16/h1-8,10,17,21H,9,11H2,(H,22,25)/t17-/m0/s1. The van der Waals surface area contributed by atoms with Gasteiger partial charge in [0.25, 0.3) is 5.91 Å². The number of aromatic amines is 1. The Kier molecular flexibility index (Phi) is 3.93. The van der Waals surface area contributed by atoms with Gasteiger partial charge in [-0.2, -0.15) is 0 Å². The van der Waals surface area contributed by atoms with Gasteiger partial charge in [-0.05, 0) is 29.3 Å². The molecule has 1 saturated heterocycles. The highest BCUT2D eigenvalue weighted by atomic mass is 35.5. The van der Waals surface area contributed by atoms with Gasteiger partial charge in [0.1, 0.15) is 6.04 Å². The first-order valence-electron chi connectivity index (χ1n) is 8.03. The third kappa shape index (κ3) is 2.98. The molecule has 6 heteroatoms. The zero-order chi connectivity index (χ0) is 17.4. The lowest BCUT2D eigenvalue weighted by Crippen LogP contribution is -2.32. The van der Waals surface area contributed by atoms with Crippen molar-refractivity contribution in [2.24, 2.45) is 0 Å². The molecule has 25 heavy (non-hydrogen) atoms. The SMILES string of the molecule is O=C1N[C@@H](Cc2c[nH]c3ccccc23)C(=O)N1Cc1ccc(Cl)cc1. The zero-order valence-electron chi connectivity index (χ0n) is 13.3. The van der Waals surface area contributed by atoms with E-state index in [4.69, 9.17) is 11.6 Å². The summed E-state index contributed by atoms with van der Waals surface area (Å²) in [7, 11) is 0. The van der Waals surface area contributed by atoms with Crippen LogP contribution in [0.25, 0.3) is 10.9 Å². The number of carbonyl (C=O) groups excluding carboxylic acids is 2. The van der Waals surface area contributed by atoms with Gasteiger partial charge in [0.05, 0.1) is 6.54 Å². The predicted molar refractivity (Wildman–Crippen MR) is 96.3 cm³/mol. The number of nitrogens with zero attached hydrogens (tertiary/aromatic N) is 1. The molecule has 0 aliphatic carbocycles. The Bertz CT molecular complexity index is 949. The smallest absolute Gasteiger partial charge is 0.325 e. The summed E-state index contributed by atoms with van der Waals surface area (Å²) in [6, 6.07) is 14.1. The second kappa shape index (κ2) is 6.26. The Morgan fingerprint density at radius 1 is 1.04 bits per heavy atom. The number of nitrogens with one attached hydrogen (secondary N) is 2. The van der Waals surface area contributed by atoms with Crippen molar-refractivity contribution in [2.45, 2.75) is 19.0 Å². The second-order valence-electron chi connectivity index (χ2n) is 6.12. The molecule has 2 N–H and O–H groups in total. The molecule has 0 unspecified atom stereocenters. The summed E-state index contributed by atoms with van der Waals surface area (Å²) in [4.78, 5) is 29.3. The number of hydrogen-bond acceptors (Lipinski definition) is 2. The molecule has 2 aromatic carbocycles. The minimum atomic E-state index is -0.543. The summed E-state index contributed by atoms with van der Waals surface area (Å²) >= 11 is 5.87. The predicted octanol–water partition coefficient (Wildman–Crippen LogP) is 3.48. The molecule has 0 spiro atoms. The third-order valence-corrected chi connectivity index (χ3v) is 4.71. The van der Waals surface area contributed by atoms with Crippen molar-refractivity contribution in [1.29, 1.82) is 0 Å². The highest BCUT2D eigenvalue weighted by Gasteiger charge is 2.38. The van der Waals surface area contributed by atoms with Gasteiger partial charge in [0.2, 0.25) is 0 Å². The first kappa shape index (κ1) is 15.7. The number of fused-ring (bicyclic) bond motifs is 1. The minimum absolute atomic E-state index is 0.203. The van der Waals surface area contributed by atoms with Gasteiger partial charge in [-0.3, -0.25) is 9.69 Å². The molecule has 3 amide bonds. The molecule has 2 heterocycles. The molecule has 0 saturated carbocycles. The van der Waals surface area contributed by atoms with Crippen LogP contribution < -0.4 is 5.32 Å². The van der Waals surface area contributed by atoms with Gasteiger partial charge in [-0.15, -0.1) is 0 Å². The summed E-state index contributed by atoms with van der Waals surface area (Å²) < 4.78 is 0. The Hall–Kier alpha value is -2.79. The van der Waals surface area contributed by atoms with Crippen LogP contribution in [0.5, 0.6) is 0 Å². The average molecular weight is 354 g/mol. The molecule has 0 radical (unpaired) electrons. The van der Waals surface area contributed by atoms with E-state index in [1.54, 1.807) is 12.1 Å². The molecule has 5 nitrogen and oxygen atoms in total. The molecule has 1 atom stereocenters. The summed E-state index contributed by atoms with van der Waals surface area (Å²) in [6.45, 7) is 0.242. The van der Waals surface area contributed by atoms with Crippen LogP contribution >= 0.6 is 11.6 Å². The number of hydrogen-bond donors (Lipinski definition) is 2. The van der Waals surface area contributed by atoms with Gasteiger partial charge < -0.3 is 10.3 Å². The van der Waals surface area contributed by atoms with E-state index in [9.17, 15) is 9.59 Å². The fraction of sp³-hybridized carbons (Fsp3) is 0.158. The molecule has 4 rings (SSSR count). The maximum atomic E-state index is 12.7. The summed E-state index contributed by atoms with van der Waals surface area (Å²) in [6.07, 6.45) is 2.36. The van der Waals surface area contributed by atoms with Crippen LogP contribution in [-0.4, -0.2) is 27.9 Å². The topological polar surface area (TPSA) is 65.2 Å². The average Bonchev–Trinajstić information content (AvgIpc) is 3.14. The molecular weight excluding hydrogens is 338 g/mol. The first-order chi connectivity index (χ1) is 12.1. The Morgan fingerprint density at radius 2 is 1.80 bits per heavy atom. The van der Waals surface area contributed by atoms with E-state index in [-0.39, 0.29) is 18.5 Å². The van der Waals surface area contributed by atoms with Gasteiger partial charge in [0, 0.05) is 28.5 Å². The van der Waals surface area contributed by atoms with Crippen LogP contribution in [0, 0.1) is 0 Å². The highest BCUT2D eigenvalue weighted by Crippen LogP contribution is 2.22. The Labute approximate surface area is 149 Å². The Morgan fingerprint density at radius 3 is 2.60 bits per heavy atom. The number of imide groups is 1. The summed E-state index contributed by atoms with van der Waals surface area (Å²) in [5, 5.41) is 4.48. The maximum Gasteiger partial charge on any atom is 0.325 e. The van der Waals surface area contributed by atoms with Crippen molar-refractivity contribution < 1.29 is 9.59 Å². The number of rotatable bonds is 4.